The molecule has 1 saturated carbocycles. The Bertz CT molecular complexity index is 283. The monoisotopic (exact) mass is 180 g/mol. The molecule has 0 aliphatic heterocycles. The van der Waals surface area contributed by atoms with Gasteiger partial charge in [-0.25, -0.2) is 0 Å². The minimum atomic E-state index is 0.316. The van der Waals surface area contributed by atoms with Crippen molar-refractivity contribution in [2.45, 2.75) is 26.2 Å². The van der Waals surface area contributed by atoms with Gasteiger partial charge in [-0.1, -0.05) is 6.92 Å². The molecule has 1 aliphatic carbocycles. The first-order valence-corrected chi connectivity index (χ1v) is 5.19. The van der Waals surface area contributed by atoms with E-state index in [1.165, 1.54) is 12.8 Å². The maximum atomic E-state index is 11.6. The zero-order valence-electron chi connectivity index (χ0n) is 7.17. The number of hydrogen-bond donors (Lipinski definition) is 0. The third kappa shape index (κ3) is 1.58. The number of Topliss-reactive ketones (excluding diaryl/α,β-unsaturated/α-hetero) is 1. The Kier molecular flexibility index (Phi) is 1.80. The first-order valence-electron chi connectivity index (χ1n) is 4.25. The van der Waals surface area contributed by atoms with Crippen LogP contribution in [0, 0.1) is 5.41 Å². The van der Waals surface area contributed by atoms with Crippen LogP contribution >= 0.6 is 11.3 Å². The SMILES string of the molecule is CC1(CC(=O)c2ccsc2)CC1. The molecule has 64 valence electrons. The highest BCUT2D eigenvalue weighted by atomic mass is 32.1. The van der Waals surface area contributed by atoms with Gasteiger partial charge in [-0.2, -0.15) is 11.3 Å². The minimum absolute atomic E-state index is 0.316. The van der Waals surface area contributed by atoms with Crippen molar-refractivity contribution in [3.63, 3.8) is 0 Å². The lowest BCUT2D eigenvalue weighted by atomic mass is 9.99. The van der Waals surface area contributed by atoms with Crippen LogP contribution in [0.4, 0.5) is 0 Å². The Morgan fingerprint density at radius 1 is 1.67 bits per heavy atom. The largest absolute Gasteiger partial charge is 0.294 e. The van der Waals surface area contributed by atoms with Crippen LogP contribution in [0.5, 0.6) is 0 Å². The second-order valence-electron chi connectivity index (χ2n) is 3.92. The maximum Gasteiger partial charge on any atom is 0.164 e. The van der Waals surface area contributed by atoms with Crippen LogP contribution in [0.15, 0.2) is 16.8 Å². The summed E-state index contributed by atoms with van der Waals surface area (Å²) in [5, 5.41) is 3.90. The highest BCUT2D eigenvalue weighted by Gasteiger charge is 2.39. The summed E-state index contributed by atoms with van der Waals surface area (Å²) in [7, 11) is 0. The van der Waals surface area contributed by atoms with Crippen LogP contribution in [0.1, 0.15) is 36.5 Å². The van der Waals surface area contributed by atoms with Gasteiger partial charge in [-0.05, 0) is 29.7 Å². The first-order chi connectivity index (χ1) is 5.70. The van der Waals surface area contributed by atoms with E-state index >= 15 is 0 Å². The predicted octanol–water partition coefficient (Wildman–Crippen LogP) is 3.12. The fraction of sp³-hybridized carbons (Fsp3) is 0.500. The smallest absolute Gasteiger partial charge is 0.164 e. The fourth-order valence-electron chi connectivity index (χ4n) is 1.30. The summed E-state index contributed by atoms with van der Waals surface area (Å²) in [6.45, 7) is 2.19. The number of hydrogen-bond acceptors (Lipinski definition) is 2. The summed E-state index contributed by atoms with van der Waals surface area (Å²) >= 11 is 1.59. The van der Waals surface area contributed by atoms with Gasteiger partial charge in [0.15, 0.2) is 5.78 Å². The van der Waals surface area contributed by atoms with Gasteiger partial charge >= 0.3 is 0 Å². The van der Waals surface area contributed by atoms with Crippen molar-refractivity contribution in [1.29, 1.82) is 0 Å². The van der Waals surface area contributed by atoms with Gasteiger partial charge in [0.1, 0.15) is 0 Å². The molecule has 1 heterocycles. The molecular formula is C10H12OS. The van der Waals surface area contributed by atoms with E-state index < -0.39 is 0 Å². The molecule has 0 aromatic carbocycles. The van der Waals surface area contributed by atoms with Crippen molar-refractivity contribution < 1.29 is 4.79 Å². The van der Waals surface area contributed by atoms with Gasteiger partial charge in [0.2, 0.25) is 0 Å². The lowest BCUT2D eigenvalue weighted by molar-refractivity contribution is 0.0960. The van der Waals surface area contributed by atoms with Crippen molar-refractivity contribution >= 4 is 17.1 Å². The molecule has 2 rings (SSSR count). The number of ketones is 1. The molecule has 0 bridgehead atoms. The van der Waals surface area contributed by atoms with Gasteiger partial charge in [-0.3, -0.25) is 4.79 Å². The molecule has 2 heteroatoms. The van der Waals surface area contributed by atoms with Gasteiger partial charge in [0, 0.05) is 17.4 Å². The lowest BCUT2D eigenvalue weighted by Crippen LogP contribution is -2.04. The molecule has 0 radical (unpaired) electrons. The normalized spacial score (nSPS) is 19.1. The van der Waals surface area contributed by atoms with Gasteiger partial charge < -0.3 is 0 Å². The van der Waals surface area contributed by atoms with E-state index in [4.69, 9.17) is 0 Å². The van der Waals surface area contributed by atoms with E-state index in [1.54, 1.807) is 11.3 Å². The Hall–Kier alpha value is -0.630. The van der Waals surface area contributed by atoms with E-state index in [0.29, 0.717) is 11.2 Å². The third-order valence-corrected chi connectivity index (χ3v) is 3.22. The molecule has 0 atom stereocenters. The average molecular weight is 180 g/mol. The molecule has 0 unspecified atom stereocenters. The molecular weight excluding hydrogens is 168 g/mol. The molecule has 1 aromatic heterocycles. The van der Waals surface area contributed by atoms with Gasteiger partial charge in [0.25, 0.3) is 0 Å². The Labute approximate surface area is 76.4 Å². The zero-order chi connectivity index (χ0) is 8.60. The van der Waals surface area contributed by atoms with Crippen LogP contribution < -0.4 is 0 Å². The van der Waals surface area contributed by atoms with Crippen molar-refractivity contribution in [2.75, 3.05) is 0 Å². The van der Waals surface area contributed by atoms with E-state index in [9.17, 15) is 4.79 Å². The minimum Gasteiger partial charge on any atom is -0.294 e. The summed E-state index contributed by atoms with van der Waals surface area (Å²) < 4.78 is 0. The van der Waals surface area contributed by atoms with Crippen LogP contribution in [0.25, 0.3) is 0 Å². The zero-order valence-corrected chi connectivity index (χ0v) is 7.99. The fourth-order valence-corrected chi connectivity index (χ4v) is 1.96. The summed E-state index contributed by atoms with van der Waals surface area (Å²) in [6.07, 6.45) is 3.19. The van der Waals surface area contributed by atoms with E-state index in [0.717, 1.165) is 12.0 Å². The summed E-state index contributed by atoms with van der Waals surface area (Å²) in [5.41, 5.74) is 1.24. The summed E-state index contributed by atoms with van der Waals surface area (Å²) in [4.78, 5) is 11.6. The van der Waals surface area contributed by atoms with E-state index in [2.05, 4.69) is 6.92 Å². The molecule has 1 nitrogen and oxygen atoms in total. The first kappa shape index (κ1) is 7.99. The number of rotatable bonds is 3. The van der Waals surface area contributed by atoms with Crippen molar-refractivity contribution in [3.05, 3.63) is 22.4 Å². The van der Waals surface area contributed by atoms with Gasteiger partial charge in [-0.15, -0.1) is 0 Å². The van der Waals surface area contributed by atoms with Gasteiger partial charge in [0.05, 0.1) is 0 Å². The van der Waals surface area contributed by atoms with Crippen LogP contribution in [0.2, 0.25) is 0 Å². The van der Waals surface area contributed by atoms with E-state index in [-0.39, 0.29) is 0 Å². The quantitative estimate of drug-likeness (QED) is 0.653. The highest BCUT2D eigenvalue weighted by Crippen LogP contribution is 2.48. The molecule has 0 amide bonds. The second kappa shape index (κ2) is 2.70. The summed E-state index contributed by atoms with van der Waals surface area (Å²) in [6, 6.07) is 1.92. The number of thiophene rings is 1. The Morgan fingerprint density at radius 2 is 2.42 bits per heavy atom. The Morgan fingerprint density at radius 3 is 2.92 bits per heavy atom. The summed E-state index contributed by atoms with van der Waals surface area (Å²) in [5.74, 6) is 0.316. The molecule has 0 saturated heterocycles. The predicted molar refractivity (Wildman–Crippen MR) is 50.6 cm³/mol. The Balaban J connectivity index is 2.02. The van der Waals surface area contributed by atoms with Crippen LogP contribution in [-0.2, 0) is 0 Å². The van der Waals surface area contributed by atoms with E-state index in [1.807, 2.05) is 16.8 Å². The van der Waals surface area contributed by atoms with Crippen molar-refractivity contribution in [2.24, 2.45) is 5.41 Å². The molecule has 1 aromatic rings. The lowest BCUT2D eigenvalue weighted by Gasteiger charge is -2.04. The third-order valence-electron chi connectivity index (χ3n) is 2.53. The maximum absolute atomic E-state index is 11.6. The van der Waals surface area contributed by atoms with Crippen LogP contribution in [0.3, 0.4) is 0 Å². The van der Waals surface area contributed by atoms with Crippen molar-refractivity contribution in [1.82, 2.24) is 0 Å². The molecule has 0 spiro atoms. The topological polar surface area (TPSA) is 17.1 Å². The molecule has 1 aliphatic rings. The van der Waals surface area contributed by atoms with Crippen LogP contribution in [-0.4, -0.2) is 5.78 Å². The number of carbonyl (C=O) groups excluding carboxylic acids is 1. The second-order valence-corrected chi connectivity index (χ2v) is 4.70. The molecule has 0 N–H and O–H groups in total. The van der Waals surface area contributed by atoms with Crippen molar-refractivity contribution in [3.8, 4) is 0 Å². The molecule has 1 fully saturated rings. The number of carbonyl (C=O) groups is 1. The average Bonchev–Trinajstić information content (AvgIpc) is 2.55. The highest BCUT2D eigenvalue weighted by molar-refractivity contribution is 7.08. The standard InChI is InChI=1S/C10H12OS/c1-10(3-4-10)6-9(11)8-2-5-12-7-8/h2,5,7H,3-4,6H2,1H3. The molecule has 12 heavy (non-hydrogen) atoms.